The number of amides is 1. The predicted octanol–water partition coefficient (Wildman–Crippen LogP) is 3.53. The van der Waals surface area contributed by atoms with Crippen LogP contribution in [0, 0.1) is 3.57 Å². The van der Waals surface area contributed by atoms with Gasteiger partial charge in [0.2, 0.25) is 0 Å². The van der Waals surface area contributed by atoms with Gasteiger partial charge in [0.1, 0.15) is 12.4 Å². The van der Waals surface area contributed by atoms with E-state index in [0.717, 1.165) is 20.4 Å². The molecule has 2 rings (SSSR count). The molecule has 2 aromatic rings. The molecular weight excluding hydrogens is 415 g/mol. The van der Waals surface area contributed by atoms with E-state index in [-0.39, 0.29) is 5.91 Å². The Morgan fingerprint density at radius 1 is 1.32 bits per heavy atom. The van der Waals surface area contributed by atoms with Gasteiger partial charge in [-0.25, -0.2) is 5.84 Å². The molecule has 3 N–H and O–H groups in total. The van der Waals surface area contributed by atoms with Gasteiger partial charge in [-0.1, -0.05) is 35.9 Å². The molecule has 4 nitrogen and oxygen atoms in total. The van der Waals surface area contributed by atoms with Crippen molar-refractivity contribution in [1.82, 2.24) is 5.43 Å². The lowest BCUT2D eigenvalue weighted by Crippen LogP contribution is -2.27. The maximum absolute atomic E-state index is 11.1. The van der Waals surface area contributed by atoms with E-state index >= 15 is 0 Å². The van der Waals surface area contributed by atoms with Crippen molar-refractivity contribution in [3.05, 3.63) is 68.3 Å². The summed E-state index contributed by atoms with van der Waals surface area (Å²) in [5.74, 6) is 5.43. The first-order valence-electron chi connectivity index (χ1n) is 6.44. The lowest BCUT2D eigenvalue weighted by atomic mass is 10.2. The van der Waals surface area contributed by atoms with Gasteiger partial charge >= 0.3 is 0 Å². The fourth-order valence-electron chi connectivity index (χ4n) is 1.73. The number of rotatable bonds is 5. The van der Waals surface area contributed by atoms with Gasteiger partial charge in [-0.15, -0.1) is 0 Å². The molecule has 0 aliphatic rings. The Bertz CT molecular complexity index is 704. The lowest BCUT2D eigenvalue weighted by molar-refractivity contribution is -0.116. The molecule has 0 aliphatic carbocycles. The number of hydrogen-bond acceptors (Lipinski definition) is 3. The summed E-state index contributed by atoms with van der Waals surface area (Å²) in [6, 6.07) is 13.2. The van der Waals surface area contributed by atoms with Crippen molar-refractivity contribution >= 4 is 46.2 Å². The zero-order valence-corrected chi connectivity index (χ0v) is 14.5. The van der Waals surface area contributed by atoms with E-state index in [1.807, 2.05) is 47.9 Å². The van der Waals surface area contributed by atoms with Crippen LogP contribution >= 0.6 is 34.2 Å². The van der Waals surface area contributed by atoms with Crippen molar-refractivity contribution in [3.8, 4) is 5.75 Å². The van der Waals surface area contributed by atoms with Gasteiger partial charge in [0.25, 0.3) is 5.91 Å². The average Bonchev–Trinajstić information content (AvgIpc) is 2.53. The van der Waals surface area contributed by atoms with Crippen LogP contribution in [0.25, 0.3) is 6.08 Å². The third-order valence-electron chi connectivity index (χ3n) is 2.87. The summed E-state index contributed by atoms with van der Waals surface area (Å²) < 4.78 is 6.73. The Balaban J connectivity index is 2.05. The Kier molecular flexibility index (Phi) is 6.23. The Labute approximate surface area is 147 Å². The van der Waals surface area contributed by atoms with E-state index in [9.17, 15) is 4.79 Å². The van der Waals surface area contributed by atoms with Crippen molar-refractivity contribution in [2.75, 3.05) is 0 Å². The van der Waals surface area contributed by atoms with Gasteiger partial charge in [-0.2, -0.15) is 0 Å². The number of hydrazine groups is 1. The van der Waals surface area contributed by atoms with Crippen LogP contribution in [0.1, 0.15) is 11.1 Å². The molecule has 0 aromatic heterocycles. The van der Waals surface area contributed by atoms with Gasteiger partial charge in [-0.05, 0) is 52.4 Å². The summed E-state index contributed by atoms with van der Waals surface area (Å²) >= 11 is 8.29. The van der Waals surface area contributed by atoms with Gasteiger partial charge < -0.3 is 4.74 Å². The summed E-state index contributed by atoms with van der Waals surface area (Å²) in [7, 11) is 0. The normalized spacial score (nSPS) is 10.7. The molecule has 0 radical (unpaired) electrons. The first kappa shape index (κ1) is 16.8. The van der Waals surface area contributed by atoms with Crippen molar-refractivity contribution in [3.63, 3.8) is 0 Å². The fraction of sp³-hybridized carbons (Fsp3) is 0.0625. The minimum Gasteiger partial charge on any atom is -0.488 e. The first-order chi connectivity index (χ1) is 10.6. The highest BCUT2D eigenvalue weighted by Gasteiger charge is 2.04. The number of ether oxygens (including phenoxy) is 1. The van der Waals surface area contributed by atoms with Crippen LogP contribution in [0.15, 0.2) is 48.5 Å². The van der Waals surface area contributed by atoms with E-state index in [0.29, 0.717) is 11.6 Å². The minimum absolute atomic E-state index is 0.353. The highest BCUT2D eigenvalue weighted by atomic mass is 127. The average molecular weight is 429 g/mol. The monoisotopic (exact) mass is 428 g/mol. The number of nitrogens with one attached hydrogen (secondary N) is 1. The molecule has 0 atom stereocenters. The van der Waals surface area contributed by atoms with Crippen LogP contribution in [-0.4, -0.2) is 5.91 Å². The zero-order chi connectivity index (χ0) is 15.9. The smallest absolute Gasteiger partial charge is 0.257 e. The number of halogens is 2. The third kappa shape index (κ3) is 4.72. The minimum atomic E-state index is -0.353. The molecular formula is C16H14ClIN2O2. The van der Waals surface area contributed by atoms with Crippen LogP contribution in [0.5, 0.6) is 5.75 Å². The predicted molar refractivity (Wildman–Crippen MR) is 96.3 cm³/mol. The molecule has 0 unspecified atom stereocenters. The molecule has 22 heavy (non-hydrogen) atoms. The van der Waals surface area contributed by atoms with Crippen molar-refractivity contribution in [2.24, 2.45) is 5.84 Å². The molecule has 0 bridgehead atoms. The Morgan fingerprint density at radius 3 is 2.77 bits per heavy atom. The number of hydrogen-bond donors (Lipinski definition) is 2. The van der Waals surface area contributed by atoms with Crippen molar-refractivity contribution < 1.29 is 9.53 Å². The van der Waals surface area contributed by atoms with Gasteiger partial charge in [0, 0.05) is 16.7 Å². The molecule has 6 heteroatoms. The topological polar surface area (TPSA) is 64.3 Å². The quantitative estimate of drug-likeness (QED) is 0.252. The van der Waals surface area contributed by atoms with Crippen LogP contribution in [0.3, 0.4) is 0 Å². The molecule has 0 saturated heterocycles. The molecule has 0 saturated carbocycles. The molecule has 0 spiro atoms. The van der Waals surface area contributed by atoms with E-state index in [4.69, 9.17) is 22.2 Å². The van der Waals surface area contributed by atoms with Crippen LogP contribution in [-0.2, 0) is 11.4 Å². The van der Waals surface area contributed by atoms with E-state index < -0.39 is 0 Å². The zero-order valence-electron chi connectivity index (χ0n) is 11.6. The Morgan fingerprint density at radius 2 is 2.09 bits per heavy atom. The fourth-order valence-corrected chi connectivity index (χ4v) is 2.61. The summed E-state index contributed by atoms with van der Waals surface area (Å²) in [4.78, 5) is 11.1. The second-order valence-corrected chi connectivity index (χ2v) is 5.98. The van der Waals surface area contributed by atoms with Crippen LogP contribution < -0.4 is 16.0 Å². The largest absolute Gasteiger partial charge is 0.488 e. The second-order valence-electron chi connectivity index (χ2n) is 4.41. The van der Waals surface area contributed by atoms with Gasteiger partial charge in [0.15, 0.2) is 0 Å². The summed E-state index contributed by atoms with van der Waals surface area (Å²) in [6.07, 6.45) is 3.05. The number of carbonyl (C=O) groups is 1. The van der Waals surface area contributed by atoms with Crippen LogP contribution in [0.2, 0.25) is 5.02 Å². The van der Waals surface area contributed by atoms with Crippen molar-refractivity contribution in [2.45, 2.75) is 6.61 Å². The number of benzene rings is 2. The standard InChI is InChI=1S/C16H14ClIN2O2/c17-13-4-2-1-3-12(13)10-22-15-7-5-11(9-14(15)18)6-8-16(21)20-19/h1-9H,10,19H2,(H,20,21)/b8-6+. The second kappa shape index (κ2) is 8.17. The molecule has 114 valence electrons. The number of nitrogens with two attached hydrogens (primary N) is 1. The molecule has 1 amide bonds. The highest BCUT2D eigenvalue weighted by molar-refractivity contribution is 14.1. The third-order valence-corrected chi connectivity index (χ3v) is 4.08. The van der Waals surface area contributed by atoms with E-state index in [1.54, 1.807) is 6.08 Å². The van der Waals surface area contributed by atoms with E-state index in [2.05, 4.69) is 22.6 Å². The number of carbonyl (C=O) groups excluding carboxylic acids is 1. The molecule has 0 heterocycles. The maximum atomic E-state index is 11.1. The summed E-state index contributed by atoms with van der Waals surface area (Å²) in [6.45, 7) is 0.403. The van der Waals surface area contributed by atoms with E-state index in [1.165, 1.54) is 6.08 Å². The summed E-state index contributed by atoms with van der Waals surface area (Å²) in [5.41, 5.74) is 3.86. The van der Waals surface area contributed by atoms with Gasteiger partial charge in [0.05, 0.1) is 3.57 Å². The lowest BCUT2D eigenvalue weighted by Gasteiger charge is -2.10. The SMILES string of the molecule is NNC(=O)/C=C/c1ccc(OCc2ccccc2Cl)c(I)c1. The maximum Gasteiger partial charge on any atom is 0.257 e. The summed E-state index contributed by atoms with van der Waals surface area (Å²) in [5, 5.41) is 0.685. The molecule has 0 aliphatic heterocycles. The highest BCUT2D eigenvalue weighted by Crippen LogP contribution is 2.25. The van der Waals surface area contributed by atoms with Crippen LogP contribution in [0.4, 0.5) is 0 Å². The van der Waals surface area contributed by atoms with Gasteiger partial charge in [-0.3, -0.25) is 10.2 Å². The Hall–Kier alpha value is -1.57. The molecule has 2 aromatic carbocycles. The first-order valence-corrected chi connectivity index (χ1v) is 7.90. The molecule has 0 fully saturated rings. The van der Waals surface area contributed by atoms with Crippen molar-refractivity contribution in [1.29, 1.82) is 0 Å².